The number of ether oxygens (including phenoxy) is 1. The van der Waals surface area contributed by atoms with Crippen molar-refractivity contribution in [2.45, 2.75) is 19.3 Å². The summed E-state index contributed by atoms with van der Waals surface area (Å²) in [5.74, 6) is -0.632. The third-order valence-electron chi connectivity index (χ3n) is 4.00. The molecule has 6 nitrogen and oxygen atoms in total. The molecule has 1 fully saturated rings. The van der Waals surface area contributed by atoms with Gasteiger partial charge in [-0.15, -0.1) is 0 Å². The SMILES string of the molecule is NCCNC(=O)C1CCCN(C(=O)CCOc2ccccc2F)C1. The molecule has 1 atom stereocenters. The lowest BCUT2D eigenvalue weighted by molar-refractivity contribution is -0.136. The van der Waals surface area contributed by atoms with Gasteiger partial charge in [0, 0.05) is 26.2 Å². The molecule has 2 rings (SSSR count). The summed E-state index contributed by atoms with van der Waals surface area (Å²) < 4.78 is 18.7. The molecule has 0 spiro atoms. The molecule has 1 saturated heterocycles. The lowest BCUT2D eigenvalue weighted by Gasteiger charge is -2.32. The monoisotopic (exact) mass is 337 g/mol. The van der Waals surface area contributed by atoms with Gasteiger partial charge in [-0.05, 0) is 25.0 Å². The summed E-state index contributed by atoms with van der Waals surface area (Å²) in [6.07, 6.45) is 1.72. The molecule has 2 amide bonds. The third-order valence-corrected chi connectivity index (χ3v) is 4.00. The highest BCUT2D eigenvalue weighted by Gasteiger charge is 2.27. The van der Waals surface area contributed by atoms with E-state index < -0.39 is 5.82 Å². The molecule has 0 saturated carbocycles. The fourth-order valence-electron chi connectivity index (χ4n) is 2.73. The number of likely N-dealkylation sites (tertiary alicyclic amines) is 1. The van der Waals surface area contributed by atoms with E-state index in [1.54, 1.807) is 17.0 Å². The molecule has 3 N–H and O–H groups in total. The largest absolute Gasteiger partial charge is 0.490 e. The highest BCUT2D eigenvalue weighted by Crippen LogP contribution is 2.18. The normalized spacial score (nSPS) is 17.4. The number of piperidine rings is 1. The van der Waals surface area contributed by atoms with Gasteiger partial charge in [0.25, 0.3) is 0 Å². The van der Waals surface area contributed by atoms with E-state index in [9.17, 15) is 14.0 Å². The maximum absolute atomic E-state index is 13.4. The van der Waals surface area contributed by atoms with Crippen LogP contribution in [0, 0.1) is 11.7 Å². The number of halogens is 1. The summed E-state index contributed by atoms with van der Waals surface area (Å²) in [4.78, 5) is 25.9. The van der Waals surface area contributed by atoms with Gasteiger partial charge < -0.3 is 20.7 Å². The predicted molar refractivity (Wildman–Crippen MR) is 87.9 cm³/mol. The van der Waals surface area contributed by atoms with E-state index in [0.29, 0.717) is 26.2 Å². The van der Waals surface area contributed by atoms with E-state index in [-0.39, 0.29) is 36.5 Å². The van der Waals surface area contributed by atoms with Crippen LogP contribution < -0.4 is 15.8 Å². The van der Waals surface area contributed by atoms with E-state index >= 15 is 0 Å². The van der Waals surface area contributed by atoms with Crippen molar-refractivity contribution < 1.29 is 18.7 Å². The van der Waals surface area contributed by atoms with E-state index in [2.05, 4.69) is 5.32 Å². The topological polar surface area (TPSA) is 84.7 Å². The van der Waals surface area contributed by atoms with Gasteiger partial charge in [-0.25, -0.2) is 4.39 Å². The van der Waals surface area contributed by atoms with E-state index in [0.717, 1.165) is 12.8 Å². The highest BCUT2D eigenvalue weighted by molar-refractivity contribution is 5.81. The van der Waals surface area contributed by atoms with E-state index in [4.69, 9.17) is 10.5 Å². The highest BCUT2D eigenvalue weighted by atomic mass is 19.1. The third kappa shape index (κ3) is 5.19. The molecular weight excluding hydrogens is 313 g/mol. The average molecular weight is 337 g/mol. The zero-order valence-electron chi connectivity index (χ0n) is 13.7. The number of hydrogen-bond acceptors (Lipinski definition) is 4. The first-order chi connectivity index (χ1) is 11.6. The molecule has 1 aromatic rings. The molecule has 0 aromatic heterocycles. The van der Waals surface area contributed by atoms with Crippen LogP contribution in [0.3, 0.4) is 0 Å². The zero-order valence-corrected chi connectivity index (χ0v) is 13.7. The van der Waals surface area contributed by atoms with Crippen LogP contribution in [-0.4, -0.2) is 49.5 Å². The molecule has 7 heteroatoms. The average Bonchev–Trinajstić information content (AvgIpc) is 2.61. The molecule has 1 aromatic carbocycles. The number of carbonyl (C=O) groups excluding carboxylic acids is 2. The number of nitrogens with zero attached hydrogens (tertiary/aromatic N) is 1. The van der Waals surface area contributed by atoms with Gasteiger partial charge in [0.15, 0.2) is 11.6 Å². The van der Waals surface area contributed by atoms with Crippen LogP contribution in [0.15, 0.2) is 24.3 Å². The van der Waals surface area contributed by atoms with Crippen LogP contribution in [0.2, 0.25) is 0 Å². The molecular formula is C17H24FN3O3. The Kier molecular flexibility index (Phi) is 6.99. The number of nitrogens with one attached hydrogen (secondary N) is 1. The summed E-state index contributed by atoms with van der Waals surface area (Å²) >= 11 is 0. The second-order valence-electron chi connectivity index (χ2n) is 5.79. The molecule has 1 unspecified atom stereocenters. The van der Waals surface area contributed by atoms with Crippen LogP contribution in [0.25, 0.3) is 0 Å². The van der Waals surface area contributed by atoms with Gasteiger partial charge in [0.05, 0.1) is 18.9 Å². The van der Waals surface area contributed by atoms with E-state index in [1.165, 1.54) is 12.1 Å². The summed E-state index contributed by atoms with van der Waals surface area (Å²) in [5.41, 5.74) is 5.38. The molecule has 1 heterocycles. The van der Waals surface area contributed by atoms with Gasteiger partial charge in [-0.1, -0.05) is 12.1 Å². The number of benzene rings is 1. The Hall–Kier alpha value is -2.15. The van der Waals surface area contributed by atoms with Crippen molar-refractivity contribution in [2.75, 3.05) is 32.8 Å². The minimum Gasteiger partial charge on any atom is -0.490 e. The van der Waals surface area contributed by atoms with Crippen LogP contribution in [-0.2, 0) is 9.59 Å². The van der Waals surface area contributed by atoms with Gasteiger partial charge in [0.2, 0.25) is 11.8 Å². The number of nitrogens with two attached hydrogens (primary N) is 1. The van der Waals surface area contributed by atoms with Gasteiger partial charge in [-0.3, -0.25) is 9.59 Å². The quantitative estimate of drug-likeness (QED) is 0.774. The number of carbonyl (C=O) groups is 2. The maximum atomic E-state index is 13.4. The summed E-state index contributed by atoms with van der Waals surface area (Å²) in [6, 6.07) is 6.09. The molecule has 0 radical (unpaired) electrons. The predicted octanol–water partition coefficient (Wildman–Crippen LogP) is 0.908. The Morgan fingerprint density at radius 1 is 1.38 bits per heavy atom. The van der Waals surface area contributed by atoms with Crippen molar-refractivity contribution in [3.63, 3.8) is 0 Å². The fraction of sp³-hybridized carbons (Fsp3) is 0.529. The fourth-order valence-corrected chi connectivity index (χ4v) is 2.73. The number of amides is 2. The summed E-state index contributed by atoms with van der Waals surface area (Å²) in [7, 11) is 0. The number of para-hydroxylation sites is 1. The number of rotatable bonds is 7. The molecule has 0 bridgehead atoms. The molecule has 1 aliphatic heterocycles. The van der Waals surface area contributed by atoms with Crippen molar-refractivity contribution in [1.29, 1.82) is 0 Å². The maximum Gasteiger partial charge on any atom is 0.226 e. The molecule has 24 heavy (non-hydrogen) atoms. The summed E-state index contributed by atoms with van der Waals surface area (Å²) in [5, 5.41) is 2.76. The minimum atomic E-state index is -0.445. The second-order valence-corrected chi connectivity index (χ2v) is 5.79. The Morgan fingerprint density at radius 2 is 2.17 bits per heavy atom. The number of hydrogen-bond donors (Lipinski definition) is 2. The molecule has 132 valence electrons. The van der Waals surface area contributed by atoms with Gasteiger partial charge in [-0.2, -0.15) is 0 Å². The van der Waals surface area contributed by atoms with Gasteiger partial charge >= 0.3 is 0 Å². The van der Waals surface area contributed by atoms with Crippen molar-refractivity contribution in [3.05, 3.63) is 30.1 Å². The first kappa shape index (κ1) is 18.2. The lowest BCUT2D eigenvalue weighted by Crippen LogP contribution is -2.46. The van der Waals surface area contributed by atoms with Crippen LogP contribution >= 0.6 is 0 Å². The van der Waals surface area contributed by atoms with Crippen molar-refractivity contribution in [1.82, 2.24) is 10.2 Å². The first-order valence-corrected chi connectivity index (χ1v) is 8.24. The zero-order chi connectivity index (χ0) is 17.4. The van der Waals surface area contributed by atoms with Crippen LogP contribution in [0.1, 0.15) is 19.3 Å². The van der Waals surface area contributed by atoms with Gasteiger partial charge in [0.1, 0.15) is 0 Å². The van der Waals surface area contributed by atoms with Crippen LogP contribution in [0.4, 0.5) is 4.39 Å². The molecule has 1 aliphatic rings. The Labute approximate surface area is 141 Å². The Morgan fingerprint density at radius 3 is 2.92 bits per heavy atom. The standard InChI is InChI=1S/C17H24FN3O3/c18-14-5-1-2-6-15(14)24-11-7-16(22)21-10-3-4-13(12-21)17(23)20-9-8-19/h1-2,5-6,13H,3-4,7-12,19H2,(H,20,23). The van der Waals surface area contributed by atoms with E-state index in [1.807, 2.05) is 0 Å². The first-order valence-electron chi connectivity index (χ1n) is 8.24. The van der Waals surface area contributed by atoms with Crippen LogP contribution in [0.5, 0.6) is 5.75 Å². The summed E-state index contributed by atoms with van der Waals surface area (Å²) in [6.45, 7) is 2.00. The van der Waals surface area contributed by atoms with Crippen molar-refractivity contribution >= 4 is 11.8 Å². The minimum absolute atomic E-state index is 0.0550. The Bertz CT molecular complexity index is 568. The lowest BCUT2D eigenvalue weighted by atomic mass is 9.97. The molecule has 0 aliphatic carbocycles. The second kappa shape index (κ2) is 9.22. The van der Waals surface area contributed by atoms with Crippen molar-refractivity contribution in [2.24, 2.45) is 11.7 Å². The smallest absolute Gasteiger partial charge is 0.226 e. The van der Waals surface area contributed by atoms with Crippen molar-refractivity contribution in [3.8, 4) is 5.75 Å². The Balaban J connectivity index is 1.77.